The van der Waals surface area contributed by atoms with Gasteiger partial charge in [-0.25, -0.2) is 4.98 Å². The molecule has 1 aliphatic heterocycles. The van der Waals surface area contributed by atoms with Gasteiger partial charge in [0.15, 0.2) is 16.6 Å². The molecule has 150 valence electrons. The third kappa shape index (κ3) is 4.05. The van der Waals surface area contributed by atoms with Crippen LogP contribution in [-0.2, 0) is 4.79 Å². The lowest BCUT2D eigenvalue weighted by molar-refractivity contribution is -0.128. The van der Waals surface area contributed by atoms with Crippen molar-refractivity contribution >= 4 is 22.4 Å². The van der Waals surface area contributed by atoms with Crippen molar-refractivity contribution in [3.63, 3.8) is 0 Å². The molecule has 2 aromatic carbocycles. The zero-order valence-electron chi connectivity index (χ0n) is 16.5. The molecule has 7 heteroatoms. The first-order valence-electron chi connectivity index (χ1n) is 9.49. The number of carbonyl (C=O) groups excluding carboxylic acids is 1. The Labute approximate surface area is 173 Å². The van der Waals surface area contributed by atoms with Crippen LogP contribution in [0.4, 0.5) is 5.13 Å². The molecule has 0 bridgehead atoms. The van der Waals surface area contributed by atoms with Gasteiger partial charge < -0.3 is 14.2 Å². The summed E-state index contributed by atoms with van der Waals surface area (Å²) in [4.78, 5) is 18.4. The van der Waals surface area contributed by atoms with Crippen molar-refractivity contribution in [2.24, 2.45) is 0 Å². The summed E-state index contributed by atoms with van der Waals surface area (Å²) in [7, 11) is 0. The van der Waals surface area contributed by atoms with Gasteiger partial charge in [-0.15, -0.1) is 11.3 Å². The highest BCUT2D eigenvalue weighted by atomic mass is 32.1. The van der Waals surface area contributed by atoms with Crippen LogP contribution in [0.3, 0.4) is 0 Å². The first-order chi connectivity index (χ1) is 14.0. The molecular formula is C22H22N2O4S. The Morgan fingerprint density at radius 3 is 2.52 bits per heavy atom. The van der Waals surface area contributed by atoms with Gasteiger partial charge in [0, 0.05) is 10.4 Å². The average molecular weight is 410 g/mol. The molecule has 1 aliphatic rings. The molecule has 0 aliphatic carbocycles. The van der Waals surface area contributed by atoms with Gasteiger partial charge in [0.25, 0.3) is 5.91 Å². The third-order valence-electron chi connectivity index (χ3n) is 4.57. The number of ether oxygens (including phenoxy) is 3. The van der Waals surface area contributed by atoms with Gasteiger partial charge in [0.2, 0.25) is 6.10 Å². The van der Waals surface area contributed by atoms with E-state index < -0.39 is 12.2 Å². The number of carbonyl (C=O) groups is 1. The van der Waals surface area contributed by atoms with Crippen molar-refractivity contribution in [3.8, 4) is 28.5 Å². The molecule has 0 saturated carbocycles. The average Bonchev–Trinajstić information content (AvgIpc) is 3.08. The Bertz CT molecular complexity index is 1020. The second-order valence-electron chi connectivity index (χ2n) is 6.68. The lowest BCUT2D eigenvalue weighted by atomic mass is 10.1. The quantitative estimate of drug-likeness (QED) is 0.661. The summed E-state index contributed by atoms with van der Waals surface area (Å²) in [6.07, 6.45) is -1.15. The van der Waals surface area contributed by atoms with Crippen LogP contribution >= 0.6 is 11.3 Å². The third-order valence-corrected chi connectivity index (χ3v) is 5.45. The smallest absolute Gasteiger partial charge is 0.271 e. The van der Waals surface area contributed by atoms with E-state index in [1.54, 1.807) is 6.07 Å². The van der Waals surface area contributed by atoms with Gasteiger partial charge in [0.05, 0.1) is 12.3 Å². The number of para-hydroxylation sites is 2. The van der Waals surface area contributed by atoms with Crippen molar-refractivity contribution in [1.29, 1.82) is 0 Å². The molecule has 0 fully saturated rings. The lowest BCUT2D eigenvalue weighted by Gasteiger charge is -2.30. The van der Waals surface area contributed by atoms with E-state index in [2.05, 4.69) is 10.3 Å². The zero-order chi connectivity index (χ0) is 20.4. The molecule has 6 nitrogen and oxygen atoms in total. The summed E-state index contributed by atoms with van der Waals surface area (Å²) in [5.41, 5.74) is 1.81. The largest absolute Gasteiger partial charge is 0.494 e. The number of benzene rings is 2. The van der Waals surface area contributed by atoms with Crippen molar-refractivity contribution in [2.45, 2.75) is 33.0 Å². The first kappa shape index (κ1) is 19.3. The molecule has 0 radical (unpaired) electrons. The fourth-order valence-corrected chi connectivity index (χ4v) is 4.01. The summed E-state index contributed by atoms with van der Waals surface area (Å²) in [6.45, 7) is 6.38. The Kier molecular flexibility index (Phi) is 5.40. The van der Waals surface area contributed by atoms with Crippen molar-refractivity contribution < 1.29 is 19.0 Å². The number of thiazole rings is 1. The highest BCUT2D eigenvalue weighted by Crippen LogP contribution is 2.35. The summed E-state index contributed by atoms with van der Waals surface area (Å²) in [6, 6.07) is 15.1. The molecule has 0 spiro atoms. The minimum absolute atomic E-state index is 0.279. The van der Waals surface area contributed by atoms with E-state index in [9.17, 15) is 4.79 Å². The summed E-state index contributed by atoms with van der Waals surface area (Å²) < 4.78 is 17.2. The molecule has 1 amide bonds. The Hall–Kier alpha value is -3.06. The SMILES string of the molecule is CCOc1ccc(-c2nc(NC(=O)C3Oc4ccccc4OC3C)sc2C)cc1. The van der Waals surface area contributed by atoms with E-state index in [0.29, 0.717) is 23.2 Å². The number of aryl methyl sites for hydroxylation is 1. The number of amides is 1. The number of aromatic nitrogens is 1. The van der Waals surface area contributed by atoms with Gasteiger partial charge in [-0.1, -0.05) is 12.1 Å². The number of nitrogens with zero attached hydrogens (tertiary/aromatic N) is 1. The minimum Gasteiger partial charge on any atom is -0.494 e. The van der Waals surface area contributed by atoms with Crippen molar-refractivity contribution in [2.75, 3.05) is 11.9 Å². The standard InChI is InChI=1S/C22H22N2O4S/c1-4-26-16-11-9-15(10-12-16)19-14(3)29-22(23-19)24-21(25)20-13(2)27-17-7-5-6-8-18(17)28-20/h5-13,20H,4H2,1-3H3,(H,23,24,25). The van der Waals surface area contributed by atoms with E-state index in [4.69, 9.17) is 14.2 Å². The lowest BCUT2D eigenvalue weighted by Crippen LogP contribution is -2.46. The van der Waals surface area contributed by atoms with E-state index >= 15 is 0 Å². The molecule has 4 rings (SSSR count). The number of rotatable bonds is 5. The summed E-state index contributed by atoms with van der Waals surface area (Å²) in [5, 5.41) is 3.41. The van der Waals surface area contributed by atoms with Crippen LogP contribution in [0.1, 0.15) is 18.7 Å². The fraction of sp³-hybridized carbons (Fsp3) is 0.273. The number of nitrogens with one attached hydrogen (secondary N) is 1. The number of hydrogen-bond acceptors (Lipinski definition) is 6. The molecular weight excluding hydrogens is 388 g/mol. The molecule has 1 N–H and O–H groups in total. The summed E-state index contributed by atoms with van der Waals surface area (Å²) >= 11 is 1.43. The second-order valence-corrected chi connectivity index (χ2v) is 7.88. The van der Waals surface area contributed by atoms with Gasteiger partial charge in [0.1, 0.15) is 11.9 Å². The van der Waals surface area contributed by atoms with E-state index in [1.807, 2.05) is 63.2 Å². The van der Waals surface area contributed by atoms with Crippen LogP contribution in [0, 0.1) is 6.92 Å². The minimum atomic E-state index is -0.747. The van der Waals surface area contributed by atoms with E-state index in [1.165, 1.54) is 11.3 Å². The predicted octanol–water partition coefficient (Wildman–Crippen LogP) is 4.68. The molecule has 2 heterocycles. The fourth-order valence-electron chi connectivity index (χ4n) is 3.18. The van der Waals surface area contributed by atoms with E-state index in [0.717, 1.165) is 21.9 Å². The normalized spacial score (nSPS) is 17.6. The topological polar surface area (TPSA) is 69.7 Å². The molecule has 29 heavy (non-hydrogen) atoms. The van der Waals surface area contributed by atoms with Gasteiger partial charge in [-0.2, -0.15) is 0 Å². The van der Waals surface area contributed by atoms with Crippen LogP contribution in [0.2, 0.25) is 0 Å². The van der Waals surface area contributed by atoms with Crippen LogP contribution in [-0.4, -0.2) is 29.7 Å². The van der Waals surface area contributed by atoms with Crippen molar-refractivity contribution in [3.05, 3.63) is 53.4 Å². The molecule has 1 aromatic heterocycles. The Balaban J connectivity index is 1.49. The summed E-state index contributed by atoms with van der Waals surface area (Å²) in [5.74, 6) is 1.75. The first-order valence-corrected chi connectivity index (χ1v) is 10.3. The second kappa shape index (κ2) is 8.13. The maximum absolute atomic E-state index is 12.8. The molecule has 2 unspecified atom stereocenters. The Morgan fingerprint density at radius 2 is 1.83 bits per heavy atom. The van der Waals surface area contributed by atoms with Gasteiger partial charge in [-0.05, 0) is 57.2 Å². The molecule has 0 saturated heterocycles. The maximum Gasteiger partial charge on any atom is 0.271 e. The Morgan fingerprint density at radius 1 is 1.14 bits per heavy atom. The van der Waals surface area contributed by atoms with Crippen LogP contribution in [0.25, 0.3) is 11.3 Å². The maximum atomic E-state index is 12.8. The highest BCUT2D eigenvalue weighted by Gasteiger charge is 2.34. The molecule has 2 atom stereocenters. The highest BCUT2D eigenvalue weighted by molar-refractivity contribution is 7.16. The van der Waals surface area contributed by atoms with Crippen LogP contribution < -0.4 is 19.5 Å². The number of hydrogen-bond donors (Lipinski definition) is 1. The molecule has 3 aromatic rings. The van der Waals surface area contributed by atoms with Crippen LogP contribution in [0.5, 0.6) is 17.2 Å². The van der Waals surface area contributed by atoms with Crippen molar-refractivity contribution in [1.82, 2.24) is 4.98 Å². The van der Waals surface area contributed by atoms with E-state index in [-0.39, 0.29) is 5.91 Å². The number of anilines is 1. The van der Waals surface area contributed by atoms with Gasteiger partial charge >= 0.3 is 0 Å². The monoisotopic (exact) mass is 410 g/mol. The van der Waals surface area contributed by atoms with Gasteiger partial charge in [-0.3, -0.25) is 10.1 Å². The predicted molar refractivity (Wildman–Crippen MR) is 113 cm³/mol. The zero-order valence-corrected chi connectivity index (χ0v) is 17.3. The van der Waals surface area contributed by atoms with Crippen LogP contribution in [0.15, 0.2) is 48.5 Å². The number of fused-ring (bicyclic) bond motifs is 1.